The number of hydrogen-bond acceptors (Lipinski definition) is 2. The van der Waals surface area contributed by atoms with Crippen LogP contribution >= 0.6 is 0 Å². The topological polar surface area (TPSA) is 26.3 Å². The summed E-state index contributed by atoms with van der Waals surface area (Å²) in [4.78, 5) is 11.2. The zero-order valence-electron chi connectivity index (χ0n) is 15.0. The molecule has 25 heavy (non-hydrogen) atoms. The van der Waals surface area contributed by atoms with E-state index in [0.717, 1.165) is 68.3 Å². The zero-order chi connectivity index (χ0) is 17.5. The van der Waals surface area contributed by atoms with Crippen LogP contribution < -0.4 is 4.74 Å². The van der Waals surface area contributed by atoms with Gasteiger partial charge >= 0.3 is 0 Å². The van der Waals surface area contributed by atoms with Gasteiger partial charge in [0.25, 0.3) is 0 Å². The van der Waals surface area contributed by atoms with E-state index in [2.05, 4.69) is 49.4 Å². The molecular formula is C23H26O2. The Hall–Kier alpha value is -2.35. The van der Waals surface area contributed by atoms with Crippen LogP contribution in [0, 0.1) is 0 Å². The summed E-state index contributed by atoms with van der Waals surface area (Å²) < 4.78 is 5.95. The quantitative estimate of drug-likeness (QED) is 0.501. The van der Waals surface area contributed by atoms with Crippen molar-refractivity contribution in [1.82, 2.24) is 0 Å². The first-order chi connectivity index (χ1) is 12.3. The van der Waals surface area contributed by atoms with Crippen LogP contribution in [0.5, 0.6) is 5.75 Å². The molecule has 2 heteroatoms. The lowest BCUT2D eigenvalue weighted by Crippen LogP contribution is -2.00. The largest absolute Gasteiger partial charge is 0.494 e. The van der Waals surface area contributed by atoms with Crippen molar-refractivity contribution in [2.24, 2.45) is 0 Å². The molecular weight excluding hydrogens is 308 g/mol. The van der Waals surface area contributed by atoms with Gasteiger partial charge in [-0.1, -0.05) is 36.4 Å². The summed E-state index contributed by atoms with van der Waals surface area (Å²) in [6.45, 7) is 2.80. The van der Waals surface area contributed by atoms with Crippen LogP contribution in [0.2, 0.25) is 0 Å². The summed E-state index contributed by atoms with van der Waals surface area (Å²) in [6, 6.07) is 16.9. The fourth-order valence-electron chi connectivity index (χ4n) is 3.48. The van der Waals surface area contributed by atoms with Gasteiger partial charge in [0.2, 0.25) is 0 Å². The normalized spacial score (nSPS) is 14.0. The average molecular weight is 334 g/mol. The maximum absolute atomic E-state index is 11.2. The fraction of sp³-hybridized carbons (Fsp3) is 0.348. The second-order valence-electron chi connectivity index (χ2n) is 6.73. The highest BCUT2D eigenvalue weighted by atomic mass is 16.5. The Morgan fingerprint density at radius 2 is 1.88 bits per heavy atom. The Labute approximate surface area is 150 Å². The number of allylic oxidation sites excluding steroid dienone is 2. The molecule has 2 aromatic rings. The summed E-state index contributed by atoms with van der Waals surface area (Å²) in [5, 5.41) is 0. The average Bonchev–Trinajstić information content (AvgIpc) is 2.80. The Morgan fingerprint density at radius 3 is 2.68 bits per heavy atom. The molecule has 0 aliphatic heterocycles. The van der Waals surface area contributed by atoms with Crippen LogP contribution in [0.25, 0.3) is 5.57 Å². The van der Waals surface area contributed by atoms with E-state index in [1.165, 1.54) is 16.7 Å². The Bertz CT molecular complexity index is 744. The molecule has 3 rings (SSSR count). The molecule has 0 saturated heterocycles. The van der Waals surface area contributed by atoms with Gasteiger partial charge in [-0.05, 0) is 85.4 Å². The molecule has 0 amide bonds. The van der Waals surface area contributed by atoms with Gasteiger partial charge in [-0.15, -0.1) is 0 Å². The molecule has 130 valence electrons. The van der Waals surface area contributed by atoms with E-state index in [0.29, 0.717) is 0 Å². The van der Waals surface area contributed by atoms with E-state index >= 15 is 0 Å². The number of ether oxygens (including phenoxy) is 1. The molecule has 0 aromatic heterocycles. The van der Waals surface area contributed by atoms with Crippen molar-refractivity contribution in [3.8, 4) is 5.75 Å². The van der Waals surface area contributed by atoms with Crippen LogP contribution in [0.1, 0.15) is 49.3 Å². The fourth-order valence-corrected chi connectivity index (χ4v) is 3.48. The van der Waals surface area contributed by atoms with Crippen molar-refractivity contribution >= 4 is 11.9 Å². The van der Waals surface area contributed by atoms with Crippen LogP contribution in [-0.4, -0.2) is 12.9 Å². The third kappa shape index (κ3) is 4.60. The molecule has 0 radical (unpaired) electrons. The highest BCUT2D eigenvalue weighted by Crippen LogP contribution is 2.31. The Kier molecular flexibility index (Phi) is 6.05. The molecule has 0 atom stereocenters. The van der Waals surface area contributed by atoms with Crippen LogP contribution in [0.3, 0.4) is 0 Å². The molecule has 1 aliphatic rings. The zero-order valence-corrected chi connectivity index (χ0v) is 15.0. The first kappa shape index (κ1) is 17.5. The summed E-state index contributed by atoms with van der Waals surface area (Å²) in [6.07, 6.45) is 7.22. The van der Waals surface area contributed by atoms with Gasteiger partial charge in [-0.3, -0.25) is 4.79 Å². The second kappa shape index (κ2) is 8.66. The van der Waals surface area contributed by atoms with Gasteiger partial charge in [-0.2, -0.15) is 0 Å². The molecule has 2 aromatic carbocycles. The number of rotatable bonds is 7. The molecule has 0 unspecified atom stereocenters. The van der Waals surface area contributed by atoms with E-state index in [1.54, 1.807) is 0 Å². The van der Waals surface area contributed by atoms with Crippen LogP contribution in [0.4, 0.5) is 0 Å². The molecule has 0 saturated carbocycles. The van der Waals surface area contributed by atoms with Crippen molar-refractivity contribution in [3.05, 3.63) is 70.8 Å². The van der Waals surface area contributed by atoms with Crippen LogP contribution in [0.15, 0.2) is 54.1 Å². The lowest BCUT2D eigenvalue weighted by atomic mass is 9.98. The molecule has 0 fully saturated rings. The molecule has 0 N–H and O–H groups in total. The summed E-state index contributed by atoms with van der Waals surface area (Å²) in [5.41, 5.74) is 5.96. The first-order valence-corrected chi connectivity index (χ1v) is 9.23. The number of carbonyl (C=O) groups excluding carboxylic acids is 1. The smallest absolute Gasteiger partial charge is 0.146 e. The predicted molar refractivity (Wildman–Crippen MR) is 103 cm³/mol. The number of fused-ring (bicyclic) bond motifs is 1. The molecule has 0 spiro atoms. The number of benzene rings is 2. The predicted octanol–water partition coefficient (Wildman–Crippen LogP) is 5.40. The standard InChI is InChI=1S/C23H26O2/c1-18-21(17-24)12-7-11-20-16-22(13-14-23(18)20)25-15-6-5-10-19-8-3-2-4-9-19/h2-4,8-9,13-14,16-17H,5-7,10-12,15H2,1H3. The van der Waals surface area contributed by atoms with Crippen molar-refractivity contribution in [1.29, 1.82) is 0 Å². The van der Waals surface area contributed by atoms with E-state index in [9.17, 15) is 4.79 Å². The van der Waals surface area contributed by atoms with Crippen molar-refractivity contribution in [2.45, 2.75) is 45.4 Å². The summed E-state index contributed by atoms with van der Waals surface area (Å²) in [5.74, 6) is 0.945. The van der Waals surface area contributed by atoms with Crippen molar-refractivity contribution in [3.63, 3.8) is 0 Å². The third-order valence-electron chi connectivity index (χ3n) is 4.97. The number of hydrogen-bond donors (Lipinski definition) is 0. The minimum Gasteiger partial charge on any atom is -0.494 e. The Morgan fingerprint density at radius 1 is 1.04 bits per heavy atom. The third-order valence-corrected chi connectivity index (χ3v) is 4.97. The van der Waals surface area contributed by atoms with Crippen LogP contribution in [-0.2, 0) is 17.6 Å². The lowest BCUT2D eigenvalue weighted by Gasteiger charge is -2.12. The summed E-state index contributed by atoms with van der Waals surface area (Å²) >= 11 is 0. The minimum absolute atomic E-state index is 0.750. The monoisotopic (exact) mass is 334 g/mol. The van der Waals surface area contributed by atoms with E-state index in [1.807, 2.05) is 6.07 Å². The SMILES string of the molecule is CC1=C(C=O)CCCc2cc(OCCCCc3ccccc3)ccc21. The molecule has 1 aliphatic carbocycles. The van der Waals surface area contributed by atoms with Crippen molar-refractivity contribution < 1.29 is 9.53 Å². The second-order valence-corrected chi connectivity index (χ2v) is 6.73. The number of unbranched alkanes of at least 4 members (excludes halogenated alkanes) is 1. The maximum Gasteiger partial charge on any atom is 0.146 e. The summed E-state index contributed by atoms with van der Waals surface area (Å²) in [7, 11) is 0. The van der Waals surface area contributed by atoms with Gasteiger partial charge in [0.1, 0.15) is 12.0 Å². The molecule has 2 nitrogen and oxygen atoms in total. The number of aryl methyl sites for hydroxylation is 2. The van der Waals surface area contributed by atoms with Gasteiger partial charge in [0.05, 0.1) is 6.61 Å². The lowest BCUT2D eigenvalue weighted by molar-refractivity contribution is -0.105. The maximum atomic E-state index is 11.2. The van der Waals surface area contributed by atoms with Crippen molar-refractivity contribution in [2.75, 3.05) is 6.61 Å². The minimum atomic E-state index is 0.750. The van der Waals surface area contributed by atoms with E-state index < -0.39 is 0 Å². The van der Waals surface area contributed by atoms with E-state index in [4.69, 9.17) is 4.74 Å². The first-order valence-electron chi connectivity index (χ1n) is 9.23. The number of aldehydes is 1. The highest BCUT2D eigenvalue weighted by molar-refractivity contribution is 5.88. The molecule has 0 heterocycles. The van der Waals surface area contributed by atoms with Gasteiger partial charge < -0.3 is 4.74 Å². The van der Waals surface area contributed by atoms with E-state index in [-0.39, 0.29) is 0 Å². The Balaban J connectivity index is 1.53. The van der Waals surface area contributed by atoms with Gasteiger partial charge in [-0.25, -0.2) is 0 Å². The molecule has 0 bridgehead atoms. The van der Waals surface area contributed by atoms with Gasteiger partial charge in [0.15, 0.2) is 0 Å². The highest BCUT2D eigenvalue weighted by Gasteiger charge is 2.14. The van der Waals surface area contributed by atoms with Gasteiger partial charge in [0, 0.05) is 0 Å². The number of carbonyl (C=O) groups is 1.